The first-order chi connectivity index (χ1) is 7.27. The van der Waals surface area contributed by atoms with Gasteiger partial charge in [-0.3, -0.25) is 0 Å². The van der Waals surface area contributed by atoms with Gasteiger partial charge in [0.1, 0.15) is 0 Å². The van der Waals surface area contributed by atoms with Crippen LogP contribution >= 0.6 is 0 Å². The molecule has 2 aliphatic rings. The van der Waals surface area contributed by atoms with Gasteiger partial charge >= 0.3 is 0 Å². The van der Waals surface area contributed by atoms with Crippen LogP contribution in [0.5, 0.6) is 0 Å². The minimum Gasteiger partial charge on any atom is -0.388 e. The summed E-state index contributed by atoms with van der Waals surface area (Å²) in [6, 6.07) is 0. The van der Waals surface area contributed by atoms with Crippen molar-refractivity contribution in [3.8, 4) is 0 Å². The Kier molecular flexibility index (Phi) is 2.87. The maximum absolute atomic E-state index is 10.7. The van der Waals surface area contributed by atoms with Gasteiger partial charge in [0.25, 0.3) is 0 Å². The molecular weight excluding hydrogens is 198 g/mol. The van der Waals surface area contributed by atoms with Crippen LogP contribution in [-0.4, -0.2) is 16.2 Å². The van der Waals surface area contributed by atoms with Crippen LogP contribution in [0.25, 0.3) is 0 Å². The van der Waals surface area contributed by atoms with E-state index in [1.54, 1.807) is 0 Å². The molecule has 16 heavy (non-hydrogen) atoms. The van der Waals surface area contributed by atoms with Crippen molar-refractivity contribution in [2.45, 2.75) is 76.9 Å². The van der Waals surface area contributed by atoms with Gasteiger partial charge in [-0.25, -0.2) is 0 Å². The molecule has 0 amide bonds. The SMILES string of the molecule is CC(C)(C)C1CCC(O)(C2(N)CCC2)CC1. The summed E-state index contributed by atoms with van der Waals surface area (Å²) >= 11 is 0. The molecule has 2 nitrogen and oxygen atoms in total. The Morgan fingerprint density at radius 2 is 1.56 bits per heavy atom. The van der Waals surface area contributed by atoms with E-state index in [0.717, 1.165) is 44.4 Å². The Hall–Kier alpha value is -0.0800. The monoisotopic (exact) mass is 225 g/mol. The summed E-state index contributed by atoms with van der Waals surface area (Å²) in [6.45, 7) is 6.93. The fourth-order valence-electron chi connectivity index (χ4n) is 3.48. The van der Waals surface area contributed by atoms with Crippen LogP contribution in [0.4, 0.5) is 0 Å². The normalized spacial score (nSPS) is 39.2. The molecule has 0 heterocycles. The summed E-state index contributed by atoms with van der Waals surface area (Å²) < 4.78 is 0. The minimum atomic E-state index is -0.562. The van der Waals surface area contributed by atoms with E-state index in [4.69, 9.17) is 5.73 Å². The topological polar surface area (TPSA) is 46.2 Å². The highest BCUT2D eigenvalue weighted by atomic mass is 16.3. The fourth-order valence-corrected chi connectivity index (χ4v) is 3.48. The van der Waals surface area contributed by atoms with Crippen molar-refractivity contribution in [1.82, 2.24) is 0 Å². The minimum absolute atomic E-state index is 0.254. The summed E-state index contributed by atoms with van der Waals surface area (Å²) in [5, 5.41) is 10.7. The third kappa shape index (κ3) is 1.91. The molecule has 2 heteroatoms. The Balaban J connectivity index is 1.99. The number of hydrogen-bond donors (Lipinski definition) is 2. The largest absolute Gasteiger partial charge is 0.388 e. The molecule has 0 aromatic rings. The third-order valence-electron chi connectivity index (χ3n) is 5.21. The predicted octanol–water partition coefficient (Wildman–Crippen LogP) is 2.84. The predicted molar refractivity (Wildman–Crippen MR) is 67.1 cm³/mol. The van der Waals surface area contributed by atoms with Crippen molar-refractivity contribution in [1.29, 1.82) is 0 Å². The number of hydrogen-bond acceptors (Lipinski definition) is 2. The molecule has 94 valence electrons. The summed E-state index contributed by atoms with van der Waals surface area (Å²) in [5.41, 5.74) is 5.88. The molecule has 0 aliphatic heterocycles. The molecule has 0 aromatic carbocycles. The van der Waals surface area contributed by atoms with E-state index in [9.17, 15) is 5.11 Å². The van der Waals surface area contributed by atoms with Gasteiger partial charge in [-0.2, -0.15) is 0 Å². The Morgan fingerprint density at radius 3 is 1.88 bits per heavy atom. The molecular formula is C14H27NO. The molecule has 0 bridgehead atoms. The van der Waals surface area contributed by atoms with Crippen molar-refractivity contribution in [2.24, 2.45) is 17.1 Å². The number of rotatable bonds is 1. The van der Waals surface area contributed by atoms with E-state index in [-0.39, 0.29) is 5.54 Å². The fraction of sp³-hybridized carbons (Fsp3) is 1.00. The Morgan fingerprint density at radius 1 is 1.06 bits per heavy atom. The van der Waals surface area contributed by atoms with Crippen LogP contribution in [-0.2, 0) is 0 Å². The van der Waals surface area contributed by atoms with E-state index in [1.165, 1.54) is 6.42 Å². The van der Waals surface area contributed by atoms with E-state index in [0.29, 0.717) is 5.41 Å². The van der Waals surface area contributed by atoms with Gasteiger partial charge in [0.2, 0.25) is 0 Å². The van der Waals surface area contributed by atoms with Crippen LogP contribution < -0.4 is 5.73 Å². The summed E-state index contributed by atoms with van der Waals surface area (Å²) in [7, 11) is 0. The molecule has 2 saturated carbocycles. The molecule has 0 saturated heterocycles. The van der Waals surface area contributed by atoms with E-state index in [1.807, 2.05) is 0 Å². The summed E-state index contributed by atoms with van der Waals surface area (Å²) in [4.78, 5) is 0. The van der Waals surface area contributed by atoms with Crippen LogP contribution in [0, 0.1) is 11.3 Å². The first-order valence-electron chi connectivity index (χ1n) is 6.78. The van der Waals surface area contributed by atoms with Crippen molar-refractivity contribution in [2.75, 3.05) is 0 Å². The molecule has 3 N–H and O–H groups in total. The molecule has 2 fully saturated rings. The van der Waals surface area contributed by atoms with E-state index in [2.05, 4.69) is 20.8 Å². The highest BCUT2D eigenvalue weighted by Crippen LogP contribution is 2.49. The lowest BCUT2D eigenvalue weighted by molar-refractivity contribution is -0.109. The average Bonchev–Trinajstić information content (AvgIpc) is 2.13. The second kappa shape index (κ2) is 3.71. The van der Waals surface area contributed by atoms with Gasteiger partial charge in [-0.15, -0.1) is 0 Å². The third-order valence-corrected chi connectivity index (χ3v) is 5.21. The Bertz CT molecular complexity index is 254. The van der Waals surface area contributed by atoms with Crippen molar-refractivity contribution in [3.63, 3.8) is 0 Å². The van der Waals surface area contributed by atoms with E-state index >= 15 is 0 Å². The van der Waals surface area contributed by atoms with Gasteiger partial charge < -0.3 is 10.8 Å². The van der Waals surface area contributed by atoms with Crippen molar-refractivity contribution in [3.05, 3.63) is 0 Å². The zero-order valence-corrected chi connectivity index (χ0v) is 11.1. The van der Waals surface area contributed by atoms with Crippen molar-refractivity contribution >= 4 is 0 Å². The van der Waals surface area contributed by atoms with E-state index < -0.39 is 5.60 Å². The maximum Gasteiger partial charge on any atom is 0.0826 e. The average molecular weight is 225 g/mol. The molecule has 0 aromatic heterocycles. The lowest BCUT2D eigenvalue weighted by Gasteiger charge is -2.54. The molecule has 2 aliphatic carbocycles. The van der Waals surface area contributed by atoms with Gasteiger partial charge in [0, 0.05) is 5.54 Å². The van der Waals surface area contributed by atoms with Crippen LogP contribution in [0.2, 0.25) is 0 Å². The number of nitrogens with two attached hydrogens (primary N) is 1. The zero-order valence-electron chi connectivity index (χ0n) is 11.1. The van der Waals surface area contributed by atoms with Crippen LogP contribution in [0.3, 0.4) is 0 Å². The van der Waals surface area contributed by atoms with Gasteiger partial charge in [-0.05, 0) is 56.3 Å². The second-order valence-electron chi connectivity index (χ2n) is 7.18. The quantitative estimate of drug-likeness (QED) is 0.721. The number of aliphatic hydroxyl groups is 1. The smallest absolute Gasteiger partial charge is 0.0826 e. The van der Waals surface area contributed by atoms with Crippen molar-refractivity contribution < 1.29 is 5.11 Å². The molecule has 0 spiro atoms. The lowest BCUT2D eigenvalue weighted by Crippen LogP contribution is -2.65. The molecule has 2 rings (SSSR count). The van der Waals surface area contributed by atoms with Crippen LogP contribution in [0.1, 0.15) is 65.7 Å². The molecule has 0 unspecified atom stereocenters. The maximum atomic E-state index is 10.7. The summed E-state index contributed by atoms with van der Waals surface area (Å²) in [6.07, 6.45) is 7.32. The lowest BCUT2D eigenvalue weighted by atomic mass is 9.58. The first-order valence-corrected chi connectivity index (χ1v) is 6.78. The van der Waals surface area contributed by atoms with Crippen LogP contribution in [0.15, 0.2) is 0 Å². The molecule has 0 radical (unpaired) electrons. The molecule has 0 atom stereocenters. The zero-order chi connectivity index (χ0) is 12.0. The standard InChI is InChI=1S/C14H27NO/c1-12(2,3)11-5-9-14(16,10-6-11)13(15)7-4-8-13/h11,16H,4-10,15H2,1-3H3. The highest BCUT2D eigenvalue weighted by molar-refractivity contribution is 5.10. The van der Waals surface area contributed by atoms with Gasteiger partial charge in [-0.1, -0.05) is 20.8 Å². The first kappa shape index (κ1) is 12.4. The Labute approximate surface area is 99.6 Å². The highest BCUT2D eigenvalue weighted by Gasteiger charge is 2.52. The second-order valence-corrected chi connectivity index (χ2v) is 7.18. The van der Waals surface area contributed by atoms with Gasteiger partial charge in [0.05, 0.1) is 5.60 Å². The summed E-state index contributed by atoms with van der Waals surface area (Å²) in [5.74, 6) is 0.747. The van der Waals surface area contributed by atoms with Gasteiger partial charge in [0.15, 0.2) is 0 Å².